The molecule has 1 aromatic carbocycles. The maximum Gasteiger partial charge on any atom is 0.123 e. The Morgan fingerprint density at radius 1 is 1.15 bits per heavy atom. The smallest absolute Gasteiger partial charge is 0.123 e. The molecule has 2 nitrogen and oxygen atoms in total. The lowest BCUT2D eigenvalue weighted by Gasteiger charge is -2.24. The van der Waals surface area contributed by atoms with Gasteiger partial charge >= 0.3 is 0 Å². The Hall–Kier alpha value is -1.99. The molecule has 0 atom stereocenters. The number of pyridine rings is 1. The molecule has 4 heteroatoms. The number of nitrogens with zero attached hydrogens (tertiary/aromatic N) is 2. The van der Waals surface area contributed by atoms with Gasteiger partial charge in [-0.1, -0.05) is 17.2 Å². The van der Waals surface area contributed by atoms with Crippen LogP contribution in [-0.4, -0.2) is 4.98 Å². The number of hydrogen-bond donors (Lipinski definition) is 0. The quantitative estimate of drug-likeness (QED) is 0.751. The predicted molar refractivity (Wildman–Crippen MR) is 76.6 cm³/mol. The van der Waals surface area contributed by atoms with Gasteiger partial charge in [0.15, 0.2) is 0 Å². The second-order valence-corrected chi connectivity index (χ2v) is 5.30. The molecule has 1 aromatic heterocycles. The summed E-state index contributed by atoms with van der Waals surface area (Å²) >= 11 is 5.24. The normalized spacial score (nSPS) is 13.6. The van der Waals surface area contributed by atoms with Gasteiger partial charge in [0.2, 0.25) is 0 Å². The number of hydrogen-bond acceptors (Lipinski definition) is 3. The van der Waals surface area contributed by atoms with Crippen molar-refractivity contribution >= 4 is 12.6 Å². The van der Waals surface area contributed by atoms with Gasteiger partial charge in [-0.05, 0) is 48.9 Å². The van der Waals surface area contributed by atoms with E-state index in [0.717, 1.165) is 48.1 Å². The molecule has 0 amide bonds. The predicted octanol–water partition coefficient (Wildman–Crippen LogP) is 3.54. The van der Waals surface area contributed by atoms with E-state index in [2.05, 4.69) is 11.1 Å². The summed E-state index contributed by atoms with van der Waals surface area (Å²) in [5, 5.41) is 9.74. The largest absolute Gasteiger partial charge is 0.759 e. The van der Waals surface area contributed by atoms with Crippen molar-refractivity contribution in [3.8, 4) is 17.2 Å². The summed E-state index contributed by atoms with van der Waals surface area (Å²) in [6.07, 6.45) is 3.99. The maximum absolute atomic E-state index is 13.1. The Morgan fingerprint density at radius 2 is 1.85 bits per heavy atom. The van der Waals surface area contributed by atoms with Crippen LogP contribution in [-0.2, 0) is 25.5 Å². The summed E-state index contributed by atoms with van der Waals surface area (Å²) in [5.41, 5.74) is 4.23. The van der Waals surface area contributed by atoms with Crippen LogP contribution in [0.5, 0.6) is 0 Å². The summed E-state index contributed by atoms with van der Waals surface area (Å²) in [4.78, 5) is 4.41. The van der Waals surface area contributed by atoms with Crippen molar-refractivity contribution in [2.24, 2.45) is 0 Å². The van der Waals surface area contributed by atoms with Gasteiger partial charge in [-0.2, -0.15) is 5.26 Å². The van der Waals surface area contributed by atoms with E-state index in [0.29, 0.717) is 10.6 Å². The van der Waals surface area contributed by atoms with Gasteiger partial charge in [0.05, 0.1) is 11.6 Å². The zero-order valence-electron chi connectivity index (χ0n) is 10.8. The fraction of sp³-hybridized carbons (Fsp3) is 0.250. The Bertz CT molecular complexity index is 702. The molecular weight excluding hydrogens is 271 g/mol. The molecule has 0 radical (unpaired) electrons. The molecule has 100 valence electrons. The fourth-order valence-corrected chi connectivity index (χ4v) is 3.02. The molecule has 1 heterocycles. The van der Waals surface area contributed by atoms with E-state index in [1.165, 1.54) is 12.1 Å². The minimum atomic E-state index is -0.284. The van der Waals surface area contributed by atoms with E-state index in [-0.39, 0.29) is 5.82 Å². The van der Waals surface area contributed by atoms with Gasteiger partial charge in [0.1, 0.15) is 5.82 Å². The highest BCUT2D eigenvalue weighted by atomic mass is 32.1. The molecule has 20 heavy (non-hydrogen) atoms. The molecule has 0 saturated carbocycles. The average Bonchev–Trinajstić information content (AvgIpc) is 2.47. The zero-order chi connectivity index (χ0) is 14.1. The van der Waals surface area contributed by atoms with Crippen LogP contribution in [0.1, 0.15) is 29.7 Å². The third-order valence-corrected chi connectivity index (χ3v) is 3.98. The molecule has 3 rings (SSSR count). The van der Waals surface area contributed by atoms with Crippen molar-refractivity contribution in [1.29, 1.82) is 5.26 Å². The molecule has 1 aliphatic rings. The summed E-state index contributed by atoms with van der Waals surface area (Å²) < 4.78 is 13.1. The van der Waals surface area contributed by atoms with Gasteiger partial charge in [0.25, 0.3) is 0 Å². The van der Waals surface area contributed by atoms with E-state index < -0.39 is 0 Å². The van der Waals surface area contributed by atoms with Crippen molar-refractivity contribution in [2.75, 3.05) is 0 Å². The summed E-state index contributed by atoms with van der Waals surface area (Å²) in [5.74, 6) is -0.284. The minimum Gasteiger partial charge on any atom is -0.759 e. The van der Waals surface area contributed by atoms with E-state index in [9.17, 15) is 9.65 Å². The third-order valence-electron chi connectivity index (χ3n) is 3.69. The first-order valence-corrected chi connectivity index (χ1v) is 7.00. The summed E-state index contributed by atoms with van der Waals surface area (Å²) in [6.45, 7) is 0. The lowest BCUT2D eigenvalue weighted by molar-refractivity contribution is 0.628. The van der Waals surface area contributed by atoms with Crippen molar-refractivity contribution in [3.63, 3.8) is 0 Å². The van der Waals surface area contributed by atoms with Crippen LogP contribution < -0.4 is 0 Å². The van der Waals surface area contributed by atoms with Crippen LogP contribution in [0.15, 0.2) is 29.3 Å². The number of nitriles is 1. The van der Waals surface area contributed by atoms with Gasteiger partial charge in [0, 0.05) is 11.3 Å². The van der Waals surface area contributed by atoms with Crippen LogP contribution in [0, 0.1) is 17.1 Å². The van der Waals surface area contributed by atoms with E-state index in [4.69, 9.17) is 12.6 Å². The number of fused-ring (bicyclic) bond motifs is 1. The second kappa shape index (κ2) is 5.18. The van der Waals surface area contributed by atoms with Crippen molar-refractivity contribution < 1.29 is 4.39 Å². The van der Waals surface area contributed by atoms with E-state index in [1.54, 1.807) is 12.1 Å². The first kappa shape index (κ1) is 13.0. The summed E-state index contributed by atoms with van der Waals surface area (Å²) in [7, 11) is 0. The van der Waals surface area contributed by atoms with Crippen molar-refractivity contribution in [2.45, 2.75) is 30.7 Å². The molecule has 2 aromatic rings. The first-order chi connectivity index (χ1) is 9.70. The Balaban J connectivity index is 2.29. The highest BCUT2D eigenvalue weighted by Crippen LogP contribution is 2.34. The Kier molecular flexibility index (Phi) is 3.37. The number of rotatable bonds is 1. The maximum atomic E-state index is 13.1. The molecule has 1 aliphatic carbocycles. The second-order valence-electron chi connectivity index (χ2n) is 4.92. The number of halogens is 1. The molecule has 0 saturated heterocycles. The van der Waals surface area contributed by atoms with Crippen molar-refractivity contribution in [3.05, 3.63) is 46.9 Å². The average molecular weight is 283 g/mol. The fourth-order valence-electron chi connectivity index (χ4n) is 2.76. The van der Waals surface area contributed by atoms with Gasteiger partial charge in [-0.15, -0.1) is 0 Å². The molecule has 0 bridgehead atoms. The lowest BCUT2D eigenvalue weighted by atomic mass is 9.87. The van der Waals surface area contributed by atoms with E-state index in [1.807, 2.05) is 0 Å². The van der Waals surface area contributed by atoms with Gasteiger partial charge < -0.3 is 12.6 Å². The van der Waals surface area contributed by atoms with Gasteiger partial charge in [-0.3, -0.25) is 4.98 Å². The number of aryl methyl sites for hydroxylation is 1. The molecular formula is C16H12FN2S-. The number of benzene rings is 1. The minimum absolute atomic E-state index is 0.284. The summed E-state index contributed by atoms with van der Waals surface area (Å²) in [6, 6.07) is 8.40. The monoisotopic (exact) mass is 283 g/mol. The molecule has 0 fully saturated rings. The third kappa shape index (κ3) is 2.14. The van der Waals surface area contributed by atoms with Crippen LogP contribution >= 0.6 is 0 Å². The highest BCUT2D eigenvalue weighted by Gasteiger charge is 2.19. The molecule has 0 spiro atoms. The Morgan fingerprint density at radius 3 is 2.55 bits per heavy atom. The lowest BCUT2D eigenvalue weighted by Crippen LogP contribution is -2.10. The van der Waals surface area contributed by atoms with Gasteiger partial charge in [-0.25, -0.2) is 4.39 Å². The van der Waals surface area contributed by atoms with Crippen LogP contribution in [0.4, 0.5) is 4.39 Å². The standard InChI is InChI=1S/C16H13FN2S/c17-11-7-5-10(6-8-11)15-12-3-1-2-4-14(12)19-16(20)13(15)9-18/h5-8H,1-4H2,(H,19,20)/p-1. The first-order valence-electron chi connectivity index (χ1n) is 6.59. The molecule has 0 N–H and O–H groups in total. The zero-order valence-corrected chi connectivity index (χ0v) is 11.6. The van der Waals surface area contributed by atoms with Crippen LogP contribution in [0.2, 0.25) is 0 Å². The topological polar surface area (TPSA) is 36.7 Å². The van der Waals surface area contributed by atoms with Crippen molar-refractivity contribution in [1.82, 2.24) is 4.98 Å². The Labute approximate surface area is 122 Å². The molecule has 0 unspecified atom stereocenters. The van der Waals surface area contributed by atoms with Crippen LogP contribution in [0.3, 0.4) is 0 Å². The SMILES string of the molecule is N#Cc1c([S-])nc2c(c1-c1ccc(F)cc1)CCCC2. The molecule has 0 aliphatic heterocycles. The van der Waals surface area contributed by atoms with E-state index >= 15 is 0 Å². The highest BCUT2D eigenvalue weighted by molar-refractivity contribution is 7.58. The number of aromatic nitrogens is 1. The van der Waals surface area contributed by atoms with Crippen LogP contribution in [0.25, 0.3) is 11.1 Å².